The number of methoxy groups -OCH3 is 1. The van der Waals surface area contributed by atoms with Gasteiger partial charge in [-0.1, -0.05) is 12.1 Å². The molecular formula is C21H23N3O4S. The van der Waals surface area contributed by atoms with Gasteiger partial charge in [-0.15, -0.1) is 11.3 Å². The lowest BCUT2D eigenvalue weighted by molar-refractivity contribution is -0.131. The van der Waals surface area contributed by atoms with E-state index in [4.69, 9.17) is 4.74 Å². The molecule has 0 saturated heterocycles. The zero-order valence-electron chi connectivity index (χ0n) is 16.7. The molecular weight excluding hydrogens is 390 g/mol. The molecule has 3 amide bonds. The van der Waals surface area contributed by atoms with Gasteiger partial charge in [-0.25, -0.2) is 0 Å². The summed E-state index contributed by atoms with van der Waals surface area (Å²) in [7, 11) is 4.97. The number of rotatable bonds is 3. The topological polar surface area (TPSA) is 70.2 Å². The summed E-state index contributed by atoms with van der Waals surface area (Å²) in [5.74, 6) is 0.546. The van der Waals surface area contributed by atoms with Crippen LogP contribution in [0.3, 0.4) is 0 Å². The normalized spacial score (nSPS) is 16.4. The number of likely N-dealkylation sites (N-methyl/N-ethyl adjacent to an activating group) is 2. The van der Waals surface area contributed by atoms with E-state index in [2.05, 4.69) is 0 Å². The van der Waals surface area contributed by atoms with Crippen molar-refractivity contribution in [3.8, 4) is 5.75 Å². The third-order valence-electron chi connectivity index (χ3n) is 5.49. The highest BCUT2D eigenvalue weighted by molar-refractivity contribution is 7.17. The van der Waals surface area contributed by atoms with Crippen LogP contribution in [0, 0.1) is 0 Å². The SMILES string of the molecule is COc1cccc(CC(=O)N2CCc3c(sc4c3C(=O)N(C)CC(=O)N4C)C2)c1. The zero-order valence-corrected chi connectivity index (χ0v) is 17.5. The lowest BCUT2D eigenvalue weighted by Gasteiger charge is -2.27. The molecule has 2 aromatic rings. The van der Waals surface area contributed by atoms with Crippen molar-refractivity contribution in [2.45, 2.75) is 19.4 Å². The van der Waals surface area contributed by atoms with Crippen molar-refractivity contribution < 1.29 is 19.1 Å². The summed E-state index contributed by atoms with van der Waals surface area (Å²) >= 11 is 1.45. The predicted molar refractivity (Wildman–Crippen MR) is 111 cm³/mol. The molecule has 0 saturated carbocycles. The molecule has 7 nitrogen and oxygen atoms in total. The Morgan fingerprint density at radius 3 is 2.76 bits per heavy atom. The Labute approximate surface area is 173 Å². The van der Waals surface area contributed by atoms with Crippen molar-refractivity contribution in [1.29, 1.82) is 0 Å². The smallest absolute Gasteiger partial charge is 0.257 e. The molecule has 8 heteroatoms. The second-order valence-corrected chi connectivity index (χ2v) is 8.48. The summed E-state index contributed by atoms with van der Waals surface area (Å²) < 4.78 is 5.23. The van der Waals surface area contributed by atoms with E-state index in [0.717, 1.165) is 21.8 Å². The van der Waals surface area contributed by atoms with Gasteiger partial charge in [0.25, 0.3) is 5.91 Å². The van der Waals surface area contributed by atoms with Crippen LogP contribution in [-0.4, -0.2) is 61.8 Å². The standard InChI is InChI=1S/C21H23N3O4S/c1-22-12-18(26)23(2)21-19(20(22)27)15-7-8-24(11-16(15)29-21)17(25)10-13-5-4-6-14(9-13)28-3/h4-6,9H,7-8,10-12H2,1-3H3. The van der Waals surface area contributed by atoms with Crippen LogP contribution >= 0.6 is 11.3 Å². The number of amides is 3. The van der Waals surface area contributed by atoms with Crippen molar-refractivity contribution in [3.63, 3.8) is 0 Å². The number of thiophene rings is 1. The minimum absolute atomic E-state index is 0.0420. The van der Waals surface area contributed by atoms with Crippen molar-refractivity contribution in [3.05, 3.63) is 45.8 Å². The van der Waals surface area contributed by atoms with Crippen molar-refractivity contribution in [2.75, 3.05) is 39.2 Å². The van der Waals surface area contributed by atoms with Crippen LogP contribution in [0.25, 0.3) is 0 Å². The second-order valence-electron chi connectivity index (χ2n) is 7.39. The number of hydrogen-bond acceptors (Lipinski definition) is 5. The maximum Gasteiger partial charge on any atom is 0.257 e. The third-order valence-corrected chi connectivity index (χ3v) is 6.79. The van der Waals surface area contributed by atoms with Crippen molar-refractivity contribution in [2.24, 2.45) is 0 Å². The Morgan fingerprint density at radius 2 is 2.00 bits per heavy atom. The molecule has 0 aliphatic carbocycles. The molecule has 0 radical (unpaired) electrons. The molecule has 0 spiro atoms. The van der Waals surface area contributed by atoms with Gasteiger partial charge in [0.05, 0.1) is 25.6 Å². The summed E-state index contributed by atoms with van der Waals surface area (Å²) in [5.41, 5.74) is 2.51. The van der Waals surface area contributed by atoms with E-state index < -0.39 is 0 Å². The van der Waals surface area contributed by atoms with Gasteiger partial charge in [0.2, 0.25) is 11.8 Å². The molecule has 0 bridgehead atoms. The summed E-state index contributed by atoms with van der Waals surface area (Å²) in [6, 6.07) is 7.51. The van der Waals surface area contributed by atoms with Gasteiger partial charge in [0.1, 0.15) is 17.3 Å². The number of carbonyl (C=O) groups is 3. The van der Waals surface area contributed by atoms with Gasteiger partial charge in [0.15, 0.2) is 0 Å². The molecule has 2 aliphatic rings. The van der Waals surface area contributed by atoms with Crippen LogP contribution in [-0.2, 0) is 29.0 Å². The molecule has 0 atom stereocenters. The van der Waals surface area contributed by atoms with E-state index in [9.17, 15) is 14.4 Å². The van der Waals surface area contributed by atoms with Gasteiger partial charge < -0.3 is 19.4 Å². The molecule has 0 N–H and O–H groups in total. The van der Waals surface area contributed by atoms with Crippen LogP contribution in [0.2, 0.25) is 0 Å². The van der Waals surface area contributed by atoms with Crippen LogP contribution in [0.4, 0.5) is 5.00 Å². The predicted octanol–water partition coefficient (Wildman–Crippen LogP) is 1.93. The molecule has 2 aliphatic heterocycles. The third kappa shape index (κ3) is 3.48. The van der Waals surface area contributed by atoms with Gasteiger partial charge in [-0.2, -0.15) is 0 Å². The van der Waals surface area contributed by atoms with E-state index in [1.54, 1.807) is 26.1 Å². The van der Waals surface area contributed by atoms with Crippen molar-refractivity contribution in [1.82, 2.24) is 9.80 Å². The lowest BCUT2D eigenvalue weighted by Crippen LogP contribution is -2.37. The first-order chi connectivity index (χ1) is 13.9. The van der Waals surface area contributed by atoms with Crippen LogP contribution in [0.5, 0.6) is 5.75 Å². The summed E-state index contributed by atoms with van der Waals surface area (Å²) in [6.45, 7) is 1.11. The fraction of sp³-hybridized carbons (Fsp3) is 0.381. The van der Waals surface area contributed by atoms with Gasteiger partial charge in [-0.05, 0) is 29.7 Å². The molecule has 0 fully saturated rings. The van der Waals surface area contributed by atoms with E-state index >= 15 is 0 Å². The molecule has 1 aromatic heterocycles. The number of fused-ring (bicyclic) bond motifs is 3. The highest BCUT2D eigenvalue weighted by Crippen LogP contribution is 2.40. The number of anilines is 1. The van der Waals surface area contributed by atoms with Gasteiger partial charge in [-0.3, -0.25) is 14.4 Å². The average molecular weight is 413 g/mol. The fourth-order valence-electron chi connectivity index (χ4n) is 3.81. The molecule has 4 rings (SSSR count). The Morgan fingerprint density at radius 1 is 1.21 bits per heavy atom. The van der Waals surface area contributed by atoms with Crippen LogP contribution in [0.1, 0.15) is 26.4 Å². The Kier molecular flexibility index (Phi) is 5.04. The molecule has 1 aromatic carbocycles. The lowest BCUT2D eigenvalue weighted by atomic mass is 10.0. The summed E-state index contributed by atoms with van der Waals surface area (Å²) in [5, 5.41) is 0.691. The molecule has 3 heterocycles. The van der Waals surface area contributed by atoms with Gasteiger partial charge in [0, 0.05) is 25.5 Å². The van der Waals surface area contributed by atoms with Crippen LogP contribution < -0.4 is 9.64 Å². The Bertz CT molecular complexity index is 1000. The van der Waals surface area contributed by atoms with E-state index in [0.29, 0.717) is 36.5 Å². The minimum Gasteiger partial charge on any atom is -0.497 e. The average Bonchev–Trinajstić information content (AvgIpc) is 3.07. The summed E-state index contributed by atoms with van der Waals surface area (Å²) in [6.07, 6.45) is 0.921. The number of hydrogen-bond donors (Lipinski definition) is 0. The maximum atomic E-state index is 12.9. The fourth-order valence-corrected chi connectivity index (χ4v) is 5.14. The van der Waals surface area contributed by atoms with E-state index in [-0.39, 0.29) is 24.3 Å². The van der Waals surface area contributed by atoms with Gasteiger partial charge >= 0.3 is 0 Å². The van der Waals surface area contributed by atoms with Crippen molar-refractivity contribution >= 4 is 34.1 Å². The minimum atomic E-state index is -0.119. The number of nitrogens with zero attached hydrogens (tertiary/aromatic N) is 3. The largest absolute Gasteiger partial charge is 0.497 e. The zero-order chi connectivity index (χ0) is 20.7. The molecule has 0 unspecified atom stereocenters. The van der Waals surface area contributed by atoms with E-state index in [1.165, 1.54) is 16.2 Å². The Balaban J connectivity index is 1.57. The summed E-state index contributed by atoms with van der Waals surface area (Å²) in [4.78, 5) is 43.9. The van der Waals surface area contributed by atoms with E-state index in [1.807, 2.05) is 29.2 Å². The number of benzene rings is 1. The first-order valence-corrected chi connectivity index (χ1v) is 10.3. The first-order valence-electron chi connectivity index (χ1n) is 9.46. The molecule has 29 heavy (non-hydrogen) atoms. The quantitative estimate of drug-likeness (QED) is 0.771. The number of ether oxygens (including phenoxy) is 1. The van der Waals surface area contributed by atoms with Crippen LogP contribution in [0.15, 0.2) is 24.3 Å². The maximum absolute atomic E-state index is 12.9. The number of carbonyl (C=O) groups excluding carboxylic acids is 3. The second kappa shape index (κ2) is 7.51. The highest BCUT2D eigenvalue weighted by Gasteiger charge is 2.36. The highest BCUT2D eigenvalue weighted by atomic mass is 32.1. The monoisotopic (exact) mass is 413 g/mol. The first kappa shape index (κ1) is 19.4. The molecule has 152 valence electrons. The Hall–Kier alpha value is -2.87.